The molecule has 2 fully saturated rings. The van der Waals surface area contributed by atoms with E-state index in [1.165, 1.54) is 0 Å². The van der Waals surface area contributed by atoms with Gasteiger partial charge in [-0.2, -0.15) is 0 Å². The molecule has 1 aromatic rings. The number of hydrogen-bond donors (Lipinski definition) is 2. The predicted molar refractivity (Wildman–Crippen MR) is 88.3 cm³/mol. The molecule has 0 saturated carbocycles. The van der Waals surface area contributed by atoms with Crippen LogP contribution in [-0.4, -0.2) is 53.0 Å². The van der Waals surface area contributed by atoms with Crippen LogP contribution in [0.15, 0.2) is 24.5 Å². The first kappa shape index (κ1) is 17.3. The van der Waals surface area contributed by atoms with Crippen LogP contribution >= 0.6 is 0 Å². The molecule has 1 aromatic heterocycles. The van der Waals surface area contributed by atoms with E-state index < -0.39 is 12.1 Å². The lowest BCUT2D eigenvalue weighted by molar-refractivity contribution is -0.134. The molecular weight excluding hydrogens is 324 g/mol. The maximum absolute atomic E-state index is 12.3. The number of nitrogens with zero attached hydrogens (tertiary/aromatic N) is 2. The molecule has 3 heterocycles. The first-order valence-corrected chi connectivity index (χ1v) is 8.51. The van der Waals surface area contributed by atoms with E-state index in [1.807, 2.05) is 12.1 Å². The summed E-state index contributed by atoms with van der Waals surface area (Å²) in [6.45, 7) is 1.84. The Bertz CT molecular complexity index is 629. The first-order valence-electron chi connectivity index (χ1n) is 8.51. The summed E-state index contributed by atoms with van der Waals surface area (Å²) in [6.07, 6.45) is 5.83. The SMILES string of the molecule is O=C1NC(=O)[C@@H](CCC(=O)N2CCC(OCc3cccnc3)CC2)N1. The van der Waals surface area contributed by atoms with Crippen molar-refractivity contribution in [2.45, 2.75) is 44.4 Å². The minimum absolute atomic E-state index is 0.0136. The Labute approximate surface area is 145 Å². The molecule has 2 aliphatic heterocycles. The zero-order chi connectivity index (χ0) is 17.6. The summed E-state index contributed by atoms with van der Waals surface area (Å²) >= 11 is 0. The van der Waals surface area contributed by atoms with E-state index in [2.05, 4.69) is 15.6 Å². The third kappa shape index (κ3) is 4.76. The summed E-state index contributed by atoms with van der Waals surface area (Å²) in [7, 11) is 0. The van der Waals surface area contributed by atoms with Gasteiger partial charge in [-0.15, -0.1) is 0 Å². The van der Waals surface area contributed by atoms with Crippen molar-refractivity contribution >= 4 is 17.8 Å². The second-order valence-electron chi connectivity index (χ2n) is 6.31. The van der Waals surface area contributed by atoms with Gasteiger partial charge in [0.1, 0.15) is 6.04 Å². The minimum Gasteiger partial charge on any atom is -0.373 e. The van der Waals surface area contributed by atoms with E-state index >= 15 is 0 Å². The highest BCUT2D eigenvalue weighted by Gasteiger charge is 2.30. The summed E-state index contributed by atoms with van der Waals surface area (Å²) in [6, 6.07) is 2.77. The van der Waals surface area contributed by atoms with Gasteiger partial charge in [-0.1, -0.05) is 6.07 Å². The van der Waals surface area contributed by atoms with Gasteiger partial charge in [-0.05, 0) is 30.9 Å². The molecule has 3 rings (SSSR count). The zero-order valence-electron chi connectivity index (χ0n) is 13.9. The Kier molecular flexibility index (Phi) is 5.60. The van der Waals surface area contributed by atoms with Crippen LogP contribution in [0.1, 0.15) is 31.2 Å². The molecule has 0 aromatic carbocycles. The highest BCUT2D eigenvalue weighted by molar-refractivity contribution is 6.04. The largest absolute Gasteiger partial charge is 0.373 e. The van der Waals surface area contributed by atoms with E-state index in [0.717, 1.165) is 18.4 Å². The smallest absolute Gasteiger partial charge is 0.322 e. The molecular formula is C17H22N4O4. The number of carbonyl (C=O) groups is 3. The molecule has 0 spiro atoms. The van der Waals surface area contributed by atoms with Gasteiger partial charge in [0.05, 0.1) is 12.7 Å². The van der Waals surface area contributed by atoms with Gasteiger partial charge >= 0.3 is 6.03 Å². The van der Waals surface area contributed by atoms with Crippen molar-refractivity contribution in [3.8, 4) is 0 Å². The standard InChI is InChI=1S/C17H22N4O4/c22-15(4-3-14-16(23)20-17(24)19-14)21-8-5-13(6-9-21)25-11-12-2-1-7-18-10-12/h1-2,7,10,13-14H,3-6,8-9,11H2,(H2,19,20,23,24)/t14-/m1/s1. The highest BCUT2D eigenvalue weighted by Crippen LogP contribution is 2.17. The summed E-state index contributed by atoms with van der Waals surface area (Å²) in [4.78, 5) is 40.6. The van der Waals surface area contributed by atoms with Gasteiger partial charge in [0, 0.05) is 31.9 Å². The number of amides is 4. The molecule has 8 heteroatoms. The fraction of sp³-hybridized carbons (Fsp3) is 0.529. The van der Waals surface area contributed by atoms with Crippen molar-refractivity contribution in [1.82, 2.24) is 20.5 Å². The number of hydrogen-bond acceptors (Lipinski definition) is 5. The molecule has 134 valence electrons. The van der Waals surface area contributed by atoms with Gasteiger partial charge in [-0.25, -0.2) is 4.79 Å². The van der Waals surface area contributed by atoms with E-state index in [0.29, 0.717) is 26.1 Å². The first-order chi connectivity index (χ1) is 12.1. The number of ether oxygens (including phenoxy) is 1. The van der Waals surface area contributed by atoms with Crippen molar-refractivity contribution < 1.29 is 19.1 Å². The third-order valence-corrected chi connectivity index (χ3v) is 4.51. The Morgan fingerprint density at radius 2 is 2.12 bits per heavy atom. The van der Waals surface area contributed by atoms with Crippen LogP contribution in [0.25, 0.3) is 0 Å². The molecule has 0 bridgehead atoms. The monoisotopic (exact) mass is 346 g/mol. The van der Waals surface area contributed by atoms with Crippen molar-refractivity contribution in [3.05, 3.63) is 30.1 Å². The van der Waals surface area contributed by atoms with Gasteiger partial charge in [0.2, 0.25) is 5.91 Å². The number of urea groups is 1. The normalized spacial score (nSPS) is 21.1. The summed E-state index contributed by atoms with van der Waals surface area (Å²) in [5.74, 6) is -0.347. The lowest BCUT2D eigenvalue weighted by Crippen LogP contribution is -2.41. The van der Waals surface area contributed by atoms with Crippen LogP contribution in [0.3, 0.4) is 0 Å². The van der Waals surface area contributed by atoms with Gasteiger partial charge in [0.25, 0.3) is 5.91 Å². The quantitative estimate of drug-likeness (QED) is 0.734. The fourth-order valence-electron chi connectivity index (χ4n) is 3.06. The van der Waals surface area contributed by atoms with Crippen LogP contribution < -0.4 is 10.6 Å². The van der Waals surface area contributed by atoms with E-state index in [1.54, 1.807) is 17.3 Å². The number of piperidine rings is 1. The summed E-state index contributed by atoms with van der Waals surface area (Å²) in [5.41, 5.74) is 1.04. The van der Waals surface area contributed by atoms with Crippen LogP contribution in [-0.2, 0) is 20.9 Å². The number of rotatable bonds is 6. The van der Waals surface area contributed by atoms with Crippen molar-refractivity contribution in [2.75, 3.05) is 13.1 Å². The van der Waals surface area contributed by atoms with E-state index in [9.17, 15) is 14.4 Å². The molecule has 25 heavy (non-hydrogen) atoms. The van der Waals surface area contributed by atoms with Crippen molar-refractivity contribution in [2.24, 2.45) is 0 Å². The Hall–Kier alpha value is -2.48. The average Bonchev–Trinajstić information content (AvgIpc) is 2.96. The fourth-order valence-corrected chi connectivity index (χ4v) is 3.06. The Morgan fingerprint density at radius 3 is 2.76 bits per heavy atom. The third-order valence-electron chi connectivity index (χ3n) is 4.51. The predicted octanol–water partition coefficient (Wildman–Crippen LogP) is 0.577. The van der Waals surface area contributed by atoms with Crippen molar-refractivity contribution in [3.63, 3.8) is 0 Å². The number of carbonyl (C=O) groups excluding carboxylic acids is 3. The lowest BCUT2D eigenvalue weighted by atomic mass is 10.1. The molecule has 4 amide bonds. The number of nitrogens with one attached hydrogen (secondary N) is 2. The molecule has 0 radical (unpaired) electrons. The average molecular weight is 346 g/mol. The maximum atomic E-state index is 12.3. The van der Waals surface area contributed by atoms with Gasteiger partial charge in [-0.3, -0.25) is 19.9 Å². The minimum atomic E-state index is -0.600. The number of likely N-dealkylation sites (tertiary alicyclic amines) is 1. The second-order valence-corrected chi connectivity index (χ2v) is 6.31. The van der Waals surface area contributed by atoms with Crippen LogP contribution in [0.4, 0.5) is 4.79 Å². The topological polar surface area (TPSA) is 101 Å². The molecule has 2 aliphatic rings. The molecule has 1 atom stereocenters. The number of imide groups is 1. The van der Waals surface area contributed by atoms with E-state index in [-0.39, 0.29) is 24.3 Å². The van der Waals surface area contributed by atoms with Crippen LogP contribution in [0.2, 0.25) is 0 Å². The van der Waals surface area contributed by atoms with Gasteiger partial charge in [0.15, 0.2) is 0 Å². The van der Waals surface area contributed by atoms with Crippen molar-refractivity contribution in [1.29, 1.82) is 0 Å². The molecule has 2 N–H and O–H groups in total. The molecule has 8 nitrogen and oxygen atoms in total. The molecule has 0 aliphatic carbocycles. The Balaban J connectivity index is 1.36. The summed E-state index contributed by atoms with van der Waals surface area (Å²) in [5, 5.41) is 4.67. The van der Waals surface area contributed by atoms with Gasteiger partial charge < -0.3 is 15.0 Å². The Morgan fingerprint density at radius 1 is 1.32 bits per heavy atom. The zero-order valence-corrected chi connectivity index (χ0v) is 13.9. The maximum Gasteiger partial charge on any atom is 0.322 e. The lowest BCUT2D eigenvalue weighted by Gasteiger charge is -2.32. The van der Waals surface area contributed by atoms with Crippen LogP contribution in [0.5, 0.6) is 0 Å². The summed E-state index contributed by atoms with van der Waals surface area (Å²) < 4.78 is 5.89. The second kappa shape index (κ2) is 8.06. The van der Waals surface area contributed by atoms with E-state index in [4.69, 9.17) is 4.74 Å². The molecule has 0 unspecified atom stereocenters. The van der Waals surface area contributed by atoms with Crippen LogP contribution in [0, 0.1) is 0 Å². The highest BCUT2D eigenvalue weighted by atomic mass is 16.5. The number of aromatic nitrogens is 1. The number of pyridine rings is 1. The molecule has 2 saturated heterocycles.